The Morgan fingerprint density at radius 3 is 2.56 bits per heavy atom. The van der Waals surface area contributed by atoms with E-state index in [1.54, 1.807) is 0 Å². The average molecular weight is 286 g/mol. The first kappa shape index (κ1) is 13.2. The zero-order valence-electron chi connectivity index (χ0n) is 9.70. The van der Waals surface area contributed by atoms with Crippen molar-refractivity contribution in [2.24, 2.45) is 0 Å². The Morgan fingerprint density at radius 1 is 1.50 bits per heavy atom. The number of aliphatic carboxylic acids is 1. The van der Waals surface area contributed by atoms with E-state index < -0.39 is 11.5 Å². The fraction of sp³-hybridized carbons (Fsp3) is 0.417. The second-order valence-electron chi connectivity index (χ2n) is 4.25. The number of benzene rings is 1. The summed E-state index contributed by atoms with van der Waals surface area (Å²) >= 11 is 3.40. The Labute approximate surface area is 104 Å². The molecule has 0 radical (unpaired) electrons. The van der Waals surface area contributed by atoms with Crippen LogP contribution in [0.1, 0.15) is 18.9 Å². The molecule has 0 saturated carbocycles. The molecule has 88 valence electrons. The van der Waals surface area contributed by atoms with E-state index >= 15 is 0 Å². The van der Waals surface area contributed by atoms with Crippen molar-refractivity contribution in [3.8, 4) is 0 Å². The van der Waals surface area contributed by atoms with Crippen molar-refractivity contribution in [2.45, 2.75) is 18.9 Å². The molecule has 0 aliphatic heterocycles. The maximum Gasteiger partial charge on any atom is 0.305 e. The Hall–Kier alpha value is -0.870. The third-order valence-electron chi connectivity index (χ3n) is 2.93. The lowest BCUT2D eigenvalue weighted by Crippen LogP contribution is -2.40. The molecule has 1 aromatic carbocycles. The normalized spacial score (nSPS) is 14.8. The highest BCUT2D eigenvalue weighted by Gasteiger charge is 2.31. The van der Waals surface area contributed by atoms with Crippen molar-refractivity contribution in [3.63, 3.8) is 0 Å². The second-order valence-corrected chi connectivity index (χ2v) is 5.16. The highest BCUT2D eigenvalue weighted by molar-refractivity contribution is 9.10. The smallest absolute Gasteiger partial charge is 0.305 e. The van der Waals surface area contributed by atoms with Gasteiger partial charge < -0.3 is 5.11 Å². The summed E-state index contributed by atoms with van der Waals surface area (Å²) in [6.07, 6.45) is 0.0798. The predicted octanol–water partition coefficient (Wildman–Crippen LogP) is 2.70. The van der Waals surface area contributed by atoms with Crippen LogP contribution in [0.3, 0.4) is 0 Å². The Bertz CT molecular complexity index is 392. The largest absolute Gasteiger partial charge is 0.481 e. The molecule has 1 rings (SSSR count). The molecule has 0 spiro atoms. The first-order valence-electron chi connectivity index (χ1n) is 5.01. The lowest BCUT2D eigenvalue weighted by molar-refractivity contribution is -0.140. The molecule has 0 aliphatic carbocycles. The predicted molar refractivity (Wildman–Crippen MR) is 67.4 cm³/mol. The second kappa shape index (κ2) is 4.97. The molecule has 1 atom stereocenters. The molecular weight excluding hydrogens is 270 g/mol. The number of carbonyl (C=O) groups is 1. The van der Waals surface area contributed by atoms with Gasteiger partial charge in [0.15, 0.2) is 0 Å². The van der Waals surface area contributed by atoms with Crippen molar-refractivity contribution >= 4 is 21.9 Å². The van der Waals surface area contributed by atoms with Gasteiger partial charge in [-0.2, -0.15) is 0 Å². The van der Waals surface area contributed by atoms with Crippen LogP contribution in [-0.2, 0) is 10.3 Å². The number of halogens is 1. The van der Waals surface area contributed by atoms with Gasteiger partial charge in [-0.25, -0.2) is 0 Å². The van der Waals surface area contributed by atoms with Crippen LogP contribution in [0.15, 0.2) is 28.7 Å². The summed E-state index contributed by atoms with van der Waals surface area (Å²) in [6, 6.07) is 7.76. The summed E-state index contributed by atoms with van der Waals surface area (Å²) in [7, 11) is 3.79. The van der Waals surface area contributed by atoms with Gasteiger partial charge in [0.2, 0.25) is 0 Å². The van der Waals surface area contributed by atoms with Gasteiger partial charge in [-0.15, -0.1) is 0 Å². The van der Waals surface area contributed by atoms with E-state index in [0.29, 0.717) is 0 Å². The Kier molecular flexibility index (Phi) is 4.10. The van der Waals surface area contributed by atoms with Gasteiger partial charge in [0, 0.05) is 4.47 Å². The lowest BCUT2D eigenvalue weighted by Gasteiger charge is -2.35. The topological polar surface area (TPSA) is 40.5 Å². The van der Waals surface area contributed by atoms with E-state index in [4.69, 9.17) is 5.11 Å². The summed E-state index contributed by atoms with van der Waals surface area (Å²) in [5.41, 5.74) is 0.504. The first-order chi connectivity index (χ1) is 7.36. The fourth-order valence-electron chi connectivity index (χ4n) is 1.64. The Balaban J connectivity index is 3.16. The number of hydrogen-bond acceptors (Lipinski definition) is 2. The maximum absolute atomic E-state index is 10.9. The number of hydrogen-bond donors (Lipinski definition) is 1. The van der Waals surface area contributed by atoms with Gasteiger partial charge in [-0.05, 0) is 38.7 Å². The van der Waals surface area contributed by atoms with Crippen molar-refractivity contribution in [1.29, 1.82) is 0 Å². The van der Waals surface area contributed by atoms with Crippen LogP contribution in [0.5, 0.6) is 0 Å². The summed E-state index contributed by atoms with van der Waals surface area (Å²) in [4.78, 5) is 12.9. The van der Waals surface area contributed by atoms with Gasteiger partial charge in [-0.1, -0.05) is 28.1 Å². The van der Waals surface area contributed by atoms with E-state index in [9.17, 15) is 4.79 Å². The highest BCUT2D eigenvalue weighted by Crippen LogP contribution is 2.31. The highest BCUT2D eigenvalue weighted by atomic mass is 79.9. The molecule has 0 aromatic heterocycles. The zero-order valence-corrected chi connectivity index (χ0v) is 11.3. The standard InChI is InChI=1S/C12H16BrNO2/c1-12(14(2)3,8-11(15)16)9-5-4-6-10(13)7-9/h4-7H,8H2,1-3H3,(H,15,16). The molecule has 0 amide bonds. The van der Waals surface area contributed by atoms with E-state index in [1.165, 1.54) is 0 Å². The van der Waals surface area contributed by atoms with Gasteiger partial charge in [0.05, 0.1) is 12.0 Å². The van der Waals surface area contributed by atoms with Crippen LogP contribution in [0.2, 0.25) is 0 Å². The van der Waals surface area contributed by atoms with Crippen LogP contribution in [0.25, 0.3) is 0 Å². The zero-order chi connectivity index (χ0) is 12.3. The minimum Gasteiger partial charge on any atom is -0.481 e. The summed E-state index contributed by atoms with van der Waals surface area (Å²) < 4.78 is 0.962. The van der Waals surface area contributed by atoms with Gasteiger partial charge >= 0.3 is 5.97 Å². The number of carboxylic acids is 1. The summed E-state index contributed by atoms with van der Waals surface area (Å²) in [5, 5.41) is 8.99. The molecule has 1 aromatic rings. The van der Waals surface area contributed by atoms with Gasteiger partial charge in [0.25, 0.3) is 0 Å². The molecule has 16 heavy (non-hydrogen) atoms. The summed E-state index contributed by atoms with van der Waals surface area (Å²) in [5.74, 6) is -0.795. The molecule has 1 N–H and O–H groups in total. The number of rotatable bonds is 4. The minimum atomic E-state index is -0.795. The third-order valence-corrected chi connectivity index (χ3v) is 3.42. The van der Waals surface area contributed by atoms with Gasteiger partial charge in [-0.3, -0.25) is 9.69 Å². The molecule has 0 fully saturated rings. The first-order valence-corrected chi connectivity index (χ1v) is 5.81. The molecule has 3 nitrogen and oxygen atoms in total. The van der Waals surface area contributed by atoms with Gasteiger partial charge in [0.1, 0.15) is 0 Å². The molecule has 4 heteroatoms. The van der Waals surface area contributed by atoms with E-state index in [1.807, 2.05) is 50.2 Å². The van der Waals surface area contributed by atoms with E-state index in [2.05, 4.69) is 15.9 Å². The molecule has 0 aliphatic rings. The maximum atomic E-state index is 10.9. The molecule has 0 heterocycles. The van der Waals surface area contributed by atoms with Crippen LogP contribution >= 0.6 is 15.9 Å². The summed E-state index contributed by atoms with van der Waals surface area (Å²) in [6.45, 7) is 1.93. The fourth-order valence-corrected chi connectivity index (χ4v) is 2.04. The molecular formula is C12H16BrNO2. The van der Waals surface area contributed by atoms with E-state index in [-0.39, 0.29) is 6.42 Å². The van der Waals surface area contributed by atoms with Crippen LogP contribution in [0.4, 0.5) is 0 Å². The van der Waals surface area contributed by atoms with E-state index in [0.717, 1.165) is 10.0 Å². The average Bonchev–Trinajstić information content (AvgIpc) is 2.16. The number of carboxylic acid groups (broad SMARTS) is 1. The molecule has 0 bridgehead atoms. The SMILES string of the molecule is CN(C)C(C)(CC(=O)O)c1cccc(Br)c1. The third kappa shape index (κ3) is 2.83. The monoisotopic (exact) mass is 285 g/mol. The van der Waals surface area contributed by atoms with Crippen molar-refractivity contribution in [3.05, 3.63) is 34.3 Å². The van der Waals surface area contributed by atoms with Crippen molar-refractivity contribution in [1.82, 2.24) is 4.90 Å². The van der Waals surface area contributed by atoms with Crippen LogP contribution in [0, 0.1) is 0 Å². The van der Waals surface area contributed by atoms with Crippen molar-refractivity contribution < 1.29 is 9.90 Å². The van der Waals surface area contributed by atoms with Crippen LogP contribution < -0.4 is 0 Å². The van der Waals surface area contributed by atoms with Crippen molar-refractivity contribution in [2.75, 3.05) is 14.1 Å². The molecule has 0 saturated heterocycles. The number of nitrogens with zero attached hydrogens (tertiary/aromatic N) is 1. The Morgan fingerprint density at radius 2 is 2.12 bits per heavy atom. The molecule has 1 unspecified atom stereocenters. The lowest BCUT2D eigenvalue weighted by atomic mass is 9.87. The minimum absolute atomic E-state index is 0.0798. The van der Waals surface area contributed by atoms with Crippen LogP contribution in [-0.4, -0.2) is 30.1 Å². The quantitative estimate of drug-likeness (QED) is 0.925.